The summed E-state index contributed by atoms with van der Waals surface area (Å²) in [7, 11) is 1.34. The van der Waals surface area contributed by atoms with E-state index in [1.54, 1.807) is 12.3 Å². The number of non-ortho nitro benzene ring substituents is 1. The summed E-state index contributed by atoms with van der Waals surface area (Å²) in [6.45, 7) is 0.335. The maximum Gasteiger partial charge on any atom is 0.273 e. The number of nitrogens with one attached hydrogen (secondary N) is 1. The normalized spacial score (nSPS) is 10.3. The van der Waals surface area contributed by atoms with Gasteiger partial charge < -0.3 is 14.6 Å². The van der Waals surface area contributed by atoms with Crippen LogP contribution >= 0.6 is 0 Å². The van der Waals surface area contributed by atoms with Crippen molar-refractivity contribution in [1.82, 2.24) is 4.57 Å². The average Bonchev–Trinajstić information content (AvgIpc) is 2.70. The molecule has 0 spiro atoms. The van der Waals surface area contributed by atoms with Gasteiger partial charge in [-0.15, -0.1) is 0 Å². The fourth-order valence-electron chi connectivity index (χ4n) is 2.70. The molecule has 0 saturated carbocycles. The Morgan fingerprint density at radius 3 is 2.57 bits per heavy atom. The molecule has 8 heteroatoms. The second-order valence-electron chi connectivity index (χ2n) is 5.94. The first-order chi connectivity index (χ1) is 13.5. The first-order valence-electron chi connectivity index (χ1n) is 8.37. The molecule has 0 radical (unpaired) electrons. The number of nitrogens with zero attached hydrogens (tertiary/aromatic N) is 2. The van der Waals surface area contributed by atoms with Gasteiger partial charge in [-0.1, -0.05) is 30.3 Å². The molecule has 3 aromatic rings. The van der Waals surface area contributed by atoms with Gasteiger partial charge in [0.25, 0.3) is 17.2 Å². The molecule has 1 heterocycles. The van der Waals surface area contributed by atoms with Crippen LogP contribution in [0.1, 0.15) is 15.9 Å². The van der Waals surface area contributed by atoms with E-state index in [1.807, 2.05) is 30.3 Å². The first kappa shape index (κ1) is 18.8. The molecular formula is C20H17N3O5. The number of nitro benzene ring substituents is 1. The molecule has 1 amide bonds. The Balaban J connectivity index is 1.86. The van der Waals surface area contributed by atoms with E-state index in [0.717, 1.165) is 5.56 Å². The van der Waals surface area contributed by atoms with Crippen LogP contribution < -0.4 is 15.6 Å². The number of aromatic nitrogens is 1. The highest BCUT2D eigenvalue weighted by Gasteiger charge is 2.17. The number of carbonyl (C=O) groups excluding carboxylic acids is 1. The van der Waals surface area contributed by atoms with Crippen LogP contribution in [-0.4, -0.2) is 22.5 Å². The van der Waals surface area contributed by atoms with Crippen molar-refractivity contribution in [3.05, 3.63) is 98.5 Å². The number of pyridine rings is 1. The molecule has 28 heavy (non-hydrogen) atoms. The highest BCUT2D eigenvalue weighted by atomic mass is 16.6. The average molecular weight is 379 g/mol. The number of carbonyl (C=O) groups is 1. The molecule has 2 aromatic carbocycles. The molecule has 1 N–H and O–H groups in total. The third-order valence-electron chi connectivity index (χ3n) is 4.10. The number of rotatable bonds is 6. The van der Waals surface area contributed by atoms with Crippen LogP contribution in [0.3, 0.4) is 0 Å². The molecule has 0 atom stereocenters. The van der Waals surface area contributed by atoms with Gasteiger partial charge in [-0.2, -0.15) is 0 Å². The molecule has 0 unspecified atom stereocenters. The summed E-state index contributed by atoms with van der Waals surface area (Å²) < 4.78 is 6.55. The Hall–Kier alpha value is -3.94. The van der Waals surface area contributed by atoms with Gasteiger partial charge in [0.05, 0.1) is 30.3 Å². The molecule has 0 aliphatic carbocycles. The van der Waals surface area contributed by atoms with Gasteiger partial charge in [0.15, 0.2) is 0 Å². The molecule has 8 nitrogen and oxygen atoms in total. The number of nitro groups is 1. The van der Waals surface area contributed by atoms with Gasteiger partial charge in [0.1, 0.15) is 11.3 Å². The SMILES string of the molecule is COc1cc([N+](=O)[O-])ccc1NC(=O)c1cccn(Cc2ccccc2)c1=O. The summed E-state index contributed by atoms with van der Waals surface area (Å²) in [4.78, 5) is 35.6. The number of ether oxygens (including phenoxy) is 1. The lowest BCUT2D eigenvalue weighted by Gasteiger charge is -2.11. The molecule has 0 saturated heterocycles. The smallest absolute Gasteiger partial charge is 0.273 e. The van der Waals surface area contributed by atoms with Crippen molar-refractivity contribution >= 4 is 17.3 Å². The lowest BCUT2D eigenvalue weighted by molar-refractivity contribution is -0.384. The van der Waals surface area contributed by atoms with Crippen molar-refractivity contribution in [2.24, 2.45) is 0 Å². The second kappa shape index (κ2) is 8.17. The summed E-state index contributed by atoms with van der Waals surface area (Å²) in [5, 5.41) is 13.5. The lowest BCUT2D eigenvalue weighted by Crippen LogP contribution is -2.29. The first-order valence-corrected chi connectivity index (χ1v) is 8.37. The number of anilines is 1. The molecule has 0 aliphatic heterocycles. The number of methoxy groups -OCH3 is 1. The highest BCUT2D eigenvalue weighted by molar-refractivity contribution is 6.04. The fraction of sp³-hybridized carbons (Fsp3) is 0.100. The highest BCUT2D eigenvalue weighted by Crippen LogP contribution is 2.29. The Labute approximate surface area is 160 Å². The molecular weight excluding hydrogens is 362 g/mol. The zero-order valence-corrected chi connectivity index (χ0v) is 15.0. The lowest BCUT2D eigenvalue weighted by atomic mass is 10.2. The van der Waals surface area contributed by atoms with E-state index in [4.69, 9.17) is 4.74 Å². The second-order valence-corrected chi connectivity index (χ2v) is 5.94. The summed E-state index contributed by atoms with van der Waals surface area (Å²) in [6.07, 6.45) is 1.61. The number of hydrogen-bond donors (Lipinski definition) is 1. The molecule has 0 aliphatic rings. The minimum atomic E-state index is -0.625. The summed E-state index contributed by atoms with van der Waals surface area (Å²) in [5.74, 6) is -0.498. The van der Waals surface area contributed by atoms with E-state index in [0.29, 0.717) is 6.54 Å². The van der Waals surface area contributed by atoms with E-state index in [2.05, 4.69) is 5.32 Å². The zero-order chi connectivity index (χ0) is 20.1. The van der Waals surface area contributed by atoms with Crippen molar-refractivity contribution in [3.63, 3.8) is 0 Å². The van der Waals surface area contributed by atoms with Crippen LogP contribution in [0, 0.1) is 10.1 Å². The predicted octanol–water partition coefficient (Wildman–Crippen LogP) is 3.07. The van der Waals surface area contributed by atoms with Crippen molar-refractivity contribution in [3.8, 4) is 5.75 Å². The zero-order valence-electron chi connectivity index (χ0n) is 15.0. The summed E-state index contributed by atoms with van der Waals surface area (Å²) in [6, 6.07) is 16.3. The maximum atomic E-state index is 12.7. The van der Waals surface area contributed by atoms with E-state index >= 15 is 0 Å². The predicted molar refractivity (Wildman–Crippen MR) is 104 cm³/mol. The molecule has 142 valence electrons. The standard InChI is InChI=1S/C20H17N3O5/c1-28-18-12-15(23(26)27)9-10-17(18)21-19(24)16-8-5-11-22(20(16)25)13-14-6-3-2-4-7-14/h2-12H,13H2,1H3,(H,21,24). The van der Waals surface area contributed by atoms with Crippen LogP contribution in [0.5, 0.6) is 5.75 Å². The topological polar surface area (TPSA) is 103 Å². The van der Waals surface area contributed by atoms with Crippen LogP contribution in [0.15, 0.2) is 71.7 Å². The van der Waals surface area contributed by atoms with Gasteiger partial charge in [-0.05, 0) is 23.8 Å². The summed E-state index contributed by atoms with van der Waals surface area (Å²) in [5.41, 5.74) is 0.513. The Bertz CT molecular complexity index is 1080. The van der Waals surface area contributed by atoms with Crippen molar-refractivity contribution in [2.45, 2.75) is 6.54 Å². The van der Waals surface area contributed by atoms with Crippen molar-refractivity contribution in [1.29, 1.82) is 0 Å². The Morgan fingerprint density at radius 1 is 1.14 bits per heavy atom. The Kier molecular flexibility index (Phi) is 5.50. The van der Waals surface area contributed by atoms with Crippen LogP contribution in [-0.2, 0) is 6.54 Å². The van der Waals surface area contributed by atoms with Crippen LogP contribution in [0.25, 0.3) is 0 Å². The largest absolute Gasteiger partial charge is 0.494 e. The van der Waals surface area contributed by atoms with Gasteiger partial charge in [-0.25, -0.2) is 0 Å². The van der Waals surface area contributed by atoms with E-state index in [9.17, 15) is 19.7 Å². The molecule has 0 fully saturated rings. The van der Waals surface area contributed by atoms with Gasteiger partial charge in [-0.3, -0.25) is 19.7 Å². The number of amides is 1. The summed E-state index contributed by atoms with van der Waals surface area (Å²) >= 11 is 0. The van der Waals surface area contributed by atoms with E-state index < -0.39 is 16.4 Å². The van der Waals surface area contributed by atoms with Gasteiger partial charge in [0, 0.05) is 12.3 Å². The maximum absolute atomic E-state index is 12.7. The Morgan fingerprint density at radius 2 is 1.89 bits per heavy atom. The molecule has 1 aromatic heterocycles. The number of benzene rings is 2. The van der Waals surface area contributed by atoms with Crippen molar-refractivity contribution < 1.29 is 14.5 Å². The monoisotopic (exact) mass is 379 g/mol. The molecule has 0 bridgehead atoms. The minimum absolute atomic E-state index is 0.0427. The van der Waals surface area contributed by atoms with Gasteiger partial charge >= 0.3 is 0 Å². The quantitative estimate of drug-likeness (QED) is 0.524. The van der Waals surface area contributed by atoms with Crippen molar-refractivity contribution in [2.75, 3.05) is 12.4 Å². The third kappa shape index (κ3) is 4.07. The van der Waals surface area contributed by atoms with Gasteiger partial charge in [0.2, 0.25) is 0 Å². The van der Waals surface area contributed by atoms with Crippen LogP contribution in [0.2, 0.25) is 0 Å². The van der Waals surface area contributed by atoms with E-state index in [-0.39, 0.29) is 22.7 Å². The number of hydrogen-bond acceptors (Lipinski definition) is 5. The van der Waals surface area contributed by atoms with Crippen LogP contribution in [0.4, 0.5) is 11.4 Å². The fourth-order valence-corrected chi connectivity index (χ4v) is 2.70. The third-order valence-corrected chi connectivity index (χ3v) is 4.10. The minimum Gasteiger partial charge on any atom is -0.494 e. The van der Waals surface area contributed by atoms with E-state index in [1.165, 1.54) is 35.9 Å². The molecule has 3 rings (SSSR count).